The van der Waals surface area contributed by atoms with Crippen molar-refractivity contribution in [3.8, 4) is 17.1 Å². The summed E-state index contributed by atoms with van der Waals surface area (Å²) in [7, 11) is 0. The number of phenols is 1. The number of hydrogen-bond donors (Lipinski definition) is 2. The van der Waals surface area contributed by atoms with E-state index in [9.17, 15) is 15.2 Å². The summed E-state index contributed by atoms with van der Waals surface area (Å²) in [6.45, 7) is 0. The molecular formula is C15H10ClN5O3S. The number of halogens is 1. The van der Waals surface area contributed by atoms with E-state index in [2.05, 4.69) is 15.3 Å². The van der Waals surface area contributed by atoms with E-state index in [-0.39, 0.29) is 4.77 Å². The van der Waals surface area contributed by atoms with Crippen LogP contribution in [0.4, 0.5) is 5.69 Å². The molecule has 126 valence electrons. The van der Waals surface area contributed by atoms with Crippen LogP contribution in [0.25, 0.3) is 11.4 Å². The molecule has 0 aliphatic heterocycles. The summed E-state index contributed by atoms with van der Waals surface area (Å²) >= 11 is 11.3. The van der Waals surface area contributed by atoms with Crippen LogP contribution < -0.4 is 0 Å². The van der Waals surface area contributed by atoms with Gasteiger partial charge in [-0.3, -0.25) is 10.1 Å². The van der Waals surface area contributed by atoms with Crippen molar-refractivity contribution in [2.24, 2.45) is 5.10 Å². The number of benzene rings is 2. The van der Waals surface area contributed by atoms with Crippen LogP contribution in [0.2, 0.25) is 5.02 Å². The summed E-state index contributed by atoms with van der Waals surface area (Å²) in [4.78, 5) is 10.2. The number of nitrogens with zero attached hydrogens (tertiary/aromatic N) is 4. The second-order valence-corrected chi connectivity index (χ2v) is 5.69. The van der Waals surface area contributed by atoms with Crippen molar-refractivity contribution < 1.29 is 10.0 Å². The number of rotatable bonds is 4. The van der Waals surface area contributed by atoms with Gasteiger partial charge in [-0.2, -0.15) is 14.9 Å². The minimum Gasteiger partial charge on any atom is -0.502 e. The van der Waals surface area contributed by atoms with E-state index >= 15 is 0 Å². The first kappa shape index (κ1) is 16.8. The molecular weight excluding hydrogens is 366 g/mol. The molecule has 0 fully saturated rings. The average Bonchev–Trinajstić information content (AvgIpc) is 2.95. The predicted octanol–water partition coefficient (Wildman–Crippen LogP) is 3.76. The van der Waals surface area contributed by atoms with Crippen molar-refractivity contribution in [3.63, 3.8) is 0 Å². The smallest absolute Gasteiger partial charge is 0.311 e. The van der Waals surface area contributed by atoms with Gasteiger partial charge < -0.3 is 5.11 Å². The third kappa shape index (κ3) is 3.42. The second kappa shape index (κ2) is 6.83. The van der Waals surface area contributed by atoms with Crippen LogP contribution in [0.15, 0.2) is 47.6 Å². The van der Waals surface area contributed by atoms with Crippen molar-refractivity contribution in [2.45, 2.75) is 0 Å². The van der Waals surface area contributed by atoms with Crippen molar-refractivity contribution in [3.05, 3.63) is 67.9 Å². The van der Waals surface area contributed by atoms with Gasteiger partial charge in [-0.15, -0.1) is 0 Å². The Morgan fingerprint density at radius 2 is 2.12 bits per heavy atom. The highest BCUT2D eigenvalue weighted by Gasteiger charge is 2.14. The highest BCUT2D eigenvalue weighted by Crippen LogP contribution is 2.27. The van der Waals surface area contributed by atoms with Crippen LogP contribution in [0, 0.1) is 14.9 Å². The summed E-state index contributed by atoms with van der Waals surface area (Å²) in [6.07, 6.45) is 1.37. The van der Waals surface area contributed by atoms with Gasteiger partial charge in [0, 0.05) is 17.2 Å². The summed E-state index contributed by atoms with van der Waals surface area (Å²) in [5.41, 5.74) is 0.633. The van der Waals surface area contributed by atoms with E-state index < -0.39 is 16.4 Å². The Hall–Kier alpha value is -3.04. The molecule has 0 aliphatic carbocycles. The molecule has 8 nitrogen and oxygen atoms in total. The zero-order chi connectivity index (χ0) is 18.0. The Labute approximate surface area is 151 Å². The third-order valence-corrected chi connectivity index (χ3v) is 3.88. The molecule has 10 heteroatoms. The third-order valence-electron chi connectivity index (χ3n) is 3.28. The van der Waals surface area contributed by atoms with Crippen molar-refractivity contribution in [1.82, 2.24) is 14.9 Å². The Balaban J connectivity index is 2.02. The van der Waals surface area contributed by atoms with Crippen LogP contribution in [-0.4, -0.2) is 31.1 Å². The fourth-order valence-corrected chi connectivity index (χ4v) is 2.51. The number of aromatic nitrogens is 3. The molecule has 0 spiro atoms. The van der Waals surface area contributed by atoms with Gasteiger partial charge in [-0.25, -0.2) is 5.10 Å². The number of aromatic amines is 1. The molecule has 0 bridgehead atoms. The average molecular weight is 376 g/mol. The lowest BCUT2D eigenvalue weighted by molar-refractivity contribution is -0.385. The first-order valence-electron chi connectivity index (χ1n) is 6.91. The summed E-state index contributed by atoms with van der Waals surface area (Å²) in [6, 6.07) is 11.0. The minimum atomic E-state index is -0.675. The lowest BCUT2D eigenvalue weighted by Crippen LogP contribution is -1.96. The summed E-state index contributed by atoms with van der Waals surface area (Å²) < 4.78 is 1.59. The zero-order valence-electron chi connectivity index (χ0n) is 12.5. The van der Waals surface area contributed by atoms with Gasteiger partial charge in [0.05, 0.1) is 16.2 Å². The summed E-state index contributed by atoms with van der Waals surface area (Å²) in [5, 5.41) is 31.8. The molecule has 0 amide bonds. The number of H-pyrrole nitrogens is 1. The van der Waals surface area contributed by atoms with Crippen LogP contribution in [0.5, 0.6) is 5.75 Å². The topological polar surface area (TPSA) is 109 Å². The highest BCUT2D eigenvalue weighted by atomic mass is 35.5. The van der Waals surface area contributed by atoms with Gasteiger partial charge in [0.15, 0.2) is 11.6 Å². The van der Waals surface area contributed by atoms with Gasteiger partial charge in [-0.05, 0) is 36.5 Å². The molecule has 2 N–H and O–H groups in total. The Bertz CT molecular complexity index is 1040. The predicted molar refractivity (Wildman–Crippen MR) is 95.6 cm³/mol. The molecule has 3 aromatic rings. The molecule has 0 unspecified atom stereocenters. The Morgan fingerprint density at radius 3 is 2.84 bits per heavy atom. The van der Waals surface area contributed by atoms with Crippen LogP contribution in [0.1, 0.15) is 5.56 Å². The van der Waals surface area contributed by atoms with Gasteiger partial charge in [0.25, 0.3) is 0 Å². The minimum absolute atomic E-state index is 0.236. The van der Waals surface area contributed by atoms with E-state index in [1.54, 1.807) is 24.3 Å². The molecule has 0 saturated heterocycles. The van der Waals surface area contributed by atoms with E-state index in [0.29, 0.717) is 22.0 Å². The maximum Gasteiger partial charge on any atom is 0.311 e. The molecule has 0 saturated carbocycles. The molecule has 1 heterocycles. The first-order chi connectivity index (χ1) is 12.0. The molecule has 0 atom stereocenters. The zero-order valence-corrected chi connectivity index (χ0v) is 14.0. The number of aromatic hydroxyl groups is 1. The standard InChI is InChI=1S/C15H10ClN5O3S/c16-11-4-2-1-3-10(11)14-18-19-15(25)20(14)17-8-9-5-6-13(22)12(7-9)21(23)24/h1-8,22H,(H,19,25)/b17-8+. The van der Waals surface area contributed by atoms with Gasteiger partial charge in [0.2, 0.25) is 4.77 Å². The van der Waals surface area contributed by atoms with E-state index in [1.807, 2.05) is 0 Å². The largest absolute Gasteiger partial charge is 0.502 e. The normalized spacial score (nSPS) is 11.1. The fourth-order valence-electron chi connectivity index (χ4n) is 2.11. The van der Waals surface area contributed by atoms with Gasteiger partial charge in [0.1, 0.15) is 0 Å². The van der Waals surface area contributed by atoms with Crippen molar-refractivity contribution >= 4 is 35.7 Å². The number of nitro groups is 1. The first-order valence-corrected chi connectivity index (χ1v) is 7.70. The molecule has 1 aromatic heterocycles. The van der Waals surface area contributed by atoms with Gasteiger partial charge >= 0.3 is 5.69 Å². The molecule has 25 heavy (non-hydrogen) atoms. The van der Waals surface area contributed by atoms with E-state index in [4.69, 9.17) is 23.8 Å². The number of phenolic OH excluding ortho intramolecular Hbond substituents is 1. The van der Waals surface area contributed by atoms with Crippen LogP contribution in [-0.2, 0) is 0 Å². The van der Waals surface area contributed by atoms with Crippen LogP contribution >= 0.6 is 23.8 Å². The van der Waals surface area contributed by atoms with Crippen molar-refractivity contribution in [2.75, 3.05) is 0 Å². The van der Waals surface area contributed by atoms with E-state index in [0.717, 1.165) is 0 Å². The fraction of sp³-hybridized carbons (Fsp3) is 0. The lowest BCUT2D eigenvalue weighted by Gasteiger charge is -2.03. The van der Waals surface area contributed by atoms with E-state index in [1.165, 1.54) is 29.1 Å². The monoisotopic (exact) mass is 375 g/mol. The molecule has 2 aromatic carbocycles. The Kier molecular flexibility index (Phi) is 4.59. The lowest BCUT2D eigenvalue weighted by atomic mass is 10.2. The summed E-state index contributed by atoms with van der Waals surface area (Å²) in [5.74, 6) is -0.0149. The molecule has 0 radical (unpaired) electrons. The number of nitrogens with one attached hydrogen (secondary N) is 1. The SMILES string of the molecule is O=[N+]([O-])c1cc(/C=N/n2c(-c3ccccc3Cl)n[nH]c2=S)ccc1O. The quantitative estimate of drug-likeness (QED) is 0.312. The van der Waals surface area contributed by atoms with Crippen molar-refractivity contribution in [1.29, 1.82) is 0 Å². The molecule has 0 aliphatic rings. The highest BCUT2D eigenvalue weighted by molar-refractivity contribution is 7.71. The number of nitro benzene ring substituents is 1. The molecule has 3 rings (SSSR count). The van der Waals surface area contributed by atoms with Gasteiger partial charge in [-0.1, -0.05) is 23.7 Å². The Morgan fingerprint density at radius 1 is 1.36 bits per heavy atom. The maximum absolute atomic E-state index is 10.9. The second-order valence-electron chi connectivity index (χ2n) is 4.89. The maximum atomic E-state index is 10.9. The van der Waals surface area contributed by atoms with Crippen LogP contribution in [0.3, 0.4) is 0 Å². The number of hydrogen-bond acceptors (Lipinski definition) is 6.